The van der Waals surface area contributed by atoms with Gasteiger partial charge in [0, 0.05) is 12.5 Å². The molecule has 0 aliphatic heterocycles. The Balaban J connectivity index is 1.47. The van der Waals surface area contributed by atoms with Crippen LogP contribution in [0.15, 0.2) is 0 Å². The minimum absolute atomic E-state index is 0.0855. The van der Waals surface area contributed by atoms with E-state index in [4.69, 9.17) is 4.74 Å². The van der Waals surface area contributed by atoms with Gasteiger partial charge in [0.05, 0.1) is 12.5 Å². The van der Waals surface area contributed by atoms with Crippen molar-refractivity contribution in [1.82, 2.24) is 5.32 Å². The number of carbonyl (C=O) groups is 2. The fourth-order valence-electron chi connectivity index (χ4n) is 5.08. The summed E-state index contributed by atoms with van der Waals surface area (Å²) < 4.78 is 5.08. The SMILES string of the molecule is CC(C)OC(=O)CCNC(=O)C1C2CC3CC(C2)CC1C3. The number of ether oxygens (including phenoxy) is 1. The van der Waals surface area contributed by atoms with E-state index in [0.29, 0.717) is 18.4 Å². The highest BCUT2D eigenvalue weighted by Gasteiger charge is 2.50. The van der Waals surface area contributed by atoms with Gasteiger partial charge in [-0.2, -0.15) is 0 Å². The topological polar surface area (TPSA) is 55.4 Å². The lowest BCUT2D eigenvalue weighted by Crippen LogP contribution is -2.51. The third-order valence-electron chi connectivity index (χ3n) is 5.52. The highest BCUT2D eigenvalue weighted by molar-refractivity contribution is 5.80. The first-order valence-corrected chi connectivity index (χ1v) is 8.50. The van der Waals surface area contributed by atoms with Crippen molar-refractivity contribution >= 4 is 11.9 Å². The predicted octanol–water partition coefficient (Wildman–Crippen LogP) is 2.52. The van der Waals surface area contributed by atoms with E-state index in [0.717, 1.165) is 11.8 Å². The van der Waals surface area contributed by atoms with Crippen molar-refractivity contribution in [2.45, 2.75) is 58.5 Å². The van der Waals surface area contributed by atoms with Gasteiger partial charge < -0.3 is 10.1 Å². The largest absolute Gasteiger partial charge is 0.463 e. The first-order chi connectivity index (χ1) is 10.0. The van der Waals surface area contributed by atoms with E-state index >= 15 is 0 Å². The van der Waals surface area contributed by atoms with Gasteiger partial charge in [-0.25, -0.2) is 0 Å². The van der Waals surface area contributed by atoms with Crippen molar-refractivity contribution in [3.63, 3.8) is 0 Å². The van der Waals surface area contributed by atoms with Crippen LogP contribution in [0.25, 0.3) is 0 Å². The Kier molecular flexibility index (Phi) is 4.23. The van der Waals surface area contributed by atoms with Gasteiger partial charge in [-0.3, -0.25) is 9.59 Å². The van der Waals surface area contributed by atoms with Crippen molar-refractivity contribution in [2.75, 3.05) is 6.54 Å². The van der Waals surface area contributed by atoms with Crippen LogP contribution in [0.1, 0.15) is 52.4 Å². The van der Waals surface area contributed by atoms with Gasteiger partial charge >= 0.3 is 5.97 Å². The van der Waals surface area contributed by atoms with Crippen LogP contribution in [-0.2, 0) is 14.3 Å². The molecule has 0 aromatic rings. The zero-order valence-electron chi connectivity index (χ0n) is 13.1. The normalized spacial score (nSPS) is 36.8. The maximum absolute atomic E-state index is 12.5. The fourth-order valence-corrected chi connectivity index (χ4v) is 5.08. The van der Waals surface area contributed by atoms with E-state index in [1.165, 1.54) is 32.1 Å². The third kappa shape index (κ3) is 3.24. The minimum Gasteiger partial charge on any atom is -0.463 e. The average Bonchev–Trinajstić information content (AvgIpc) is 2.36. The number of esters is 1. The molecule has 0 aromatic heterocycles. The molecule has 0 spiro atoms. The van der Waals surface area contributed by atoms with Crippen LogP contribution in [0.2, 0.25) is 0 Å². The van der Waals surface area contributed by atoms with Gasteiger partial charge in [0.25, 0.3) is 0 Å². The monoisotopic (exact) mass is 293 g/mol. The highest BCUT2D eigenvalue weighted by atomic mass is 16.5. The summed E-state index contributed by atoms with van der Waals surface area (Å²) in [6.07, 6.45) is 6.60. The summed E-state index contributed by atoms with van der Waals surface area (Å²) in [7, 11) is 0. The summed E-state index contributed by atoms with van der Waals surface area (Å²) in [5.74, 6) is 3.14. The molecule has 0 atom stereocenters. The third-order valence-corrected chi connectivity index (χ3v) is 5.52. The Bertz CT molecular complexity index is 390. The quantitative estimate of drug-likeness (QED) is 0.792. The Morgan fingerprint density at radius 2 is 1.62 bits per heavy atom. The lowest BCUT2D eigenvalue weighted by molar-refractivity contribution is -0.147. The molecule has 4 nitrogen and oxygen atoms in total. The number of hydrogen-bond acceptors (Lipinski definition) is 3. The molecule has 0 unspecified atom stereocenters. The number of hydrogen-bond donors (Lipinski definition) is 1. The molecule has 0 aromatic carbocycles. The van der Waals surface area contributed by atoms with E-state index in [1.807, 2.05) is 13.8 Å². The second kappa shape index (κ2) is 5.98. The summed E-state index contributed by atoms with van der Waals surface area (Å²) in [5.41, 5.74) is 0. The van der Waals surface area contributed by atoms with Crippen molar-refractivity contribution in [1.29, 1.82) is 0 Å². The number of carbonyl (C=O) groups excluding carboxylic acids is 2. The standard InChI is InChI=1S/C17H27NO3/c1-10(2)21-15(19)3-4-18-17(20)16-13-6-11-5-12(8-13)9-14(16)7-11/h10-14,16H,3-9H2,1-2H3,(H,18,20). The number of nitrogens with one attached hydrogen (secondary N) is 1. The molecule has 4 saturated carbocycles. The zero-order chi connectivity index (χ0) is 15.0. The average molecular weight is 293 g/mol. The van der Waals surface area contributed by atoms with E-state index in [9.17, 15) is 9.59 Å². The summed E-state index contributed by atoms with van der Waals surface area (Å²) in [4.78, 5) is 24.0. The van der Waals surface area contributed by atoms with Crippen LogP contribution in [-0.4, -0.2) is 24.5 Å². The fraction of sp³-hybridized carbons (Fsp3) is 0.882. The van der Waals surface area contributed by atoms with Crippen LogP contribution < -0.4 is 5.32 Å². The molecular formula is C17H27NO3. The molecule has 118 valence electrons. The van der Waals surface area contributed by atoms with Gasteiger partial charge in [0.15, 0.2) is 0 Å². The first-order valence-electron chi connectivity index (χ1n) is 8.50. The van der Waals surface area contributed by atoms with Crippen molar-refractivity contribution in [3.05, 3.63) is 0 Å². The molecule has 1 amide bonds. The minimum atomic E-state index is -0.226. The molecule has 4 rings (SSSR count). The molecule has 0 saturated heterocycles. The molecule has 4 aliphatic carbocycles. The summed E-state index contributed by atoms with van der Waals surface area (Å²) >= 11 is 0. The number of amides is 1. The molecule has 4 heteroatoms. The van der Waals surface area contributed by atoms with Gasteiger partial charge in [-0.05, 0) is 69.6 Å². The lowest BCUT2D eigenvalue weighted by Gasteiger charge is -2.53. The van der Waals surface area contributed by atoms with Crippen molar-refractivity contribution in [2.24, 2.45) is 29.6 Å². The van der Waals surface area contributed by atoms with Crippen LogP contribution in [0.5, 0.6) is 0 Å². The maximum Gasteiger partial charge on any atom is 0.307 e. The Morgan fingerprint density at radius 3 is 2.14 bits per heavy atom. The Hall–Kier alpha value is -1.06. The lowest BCUT2D eigenvalue weighted by atomic mass is 9.51. The van der Waals surface area contributed by atoms with E-state index in [1.54, 1.807) is 0 Å². The summed E-state index contributed by atoms with van der Waals surface area (Å²) in [6, 6.07) is 0. The zero-order valence-corrected chi connectivity index (χ0v) is 13.1. The molecule has 21 heavy (non-hydrogen) atoms. The molecular weight excluding hydrogens is 266 g/mol. The molecule has 1 N–H and O–H groups in total. The summed E-state index contributed by atoms with van der Waals surface area (Å²) in [6.45, 7) is 4.09. The van der Waals surface area contributed by atoms with Crippen molar-refractivity contribution in [3.8, 4) is 0 Å². The van der Waals surface area contributed by atoms with Gasteiger partial charge in [-0.1, -0.05) is 0 Å². The second-order valence-corrected chi connectivity index (χ2v) is 7.54. The summed E-state index contributed by atoms with van der Waals surface area (Å²) in [5, 5.41) is 2.98. The van der Waals surface area contributed by atoms with Gasteiger partial charge in [-0.15, -0.1) is 0 Å². The van der Waals surface area contributed by atoms with Gasteiger partial charge in [0.1, 0.15) is 0 Å². The maximum atomic E-state index is 12.5. The smallest absolute Gasteiger partial charge is 0.307 e. The van der Waals surface area contributed by atoms with Crippen molar-refractivity contribution < 1.29 is 14.3 Å². The van der Waals surface area contributed by atoms with E-state index in [2.05, 4.69) is 5.32 Å². The van der Waals surface area contributed by atoms with Crippen LogP contribution in [0.4, 0.5) is 0 Å². The molecule has 4 bridgehead atoms. The van der Waals surface area contributed by atoms with E-state index in [-0.39, 0.29) is 30.3 Å². The van der Waals surface area contributed by atoms with Crippen LogP contribution in [0.3, 0.4) is 0 Å². The van der Waals surface area contributed by atoms with Crippen LogP contribution >= 0.6 is 0 Å². The van der Waals surface area contributed by atoms with Gasteiger partial charge in [0.2, 0.25) is 5.91 Å². The Morgan fingerprint density at radius 1 is 1.05 bits per heavy atom. The molecule has 4 aliphatic rings. The molecule has 0 radical (unpaired) electrons. The Labute approximate surface area is 127 Å². The second-order valence-electron chi connectivity index (χ2n) is 7.54. The van der Waals surface area contributed by atoms with Crippen LogP contribution in [0, 0.1) is 29.6 Å². The number of rotatable bonds is 5. The predicted molar refractivity (Wildman–Crippen MR) is 79.4 cm³/mol. The first kappa shape index (κ1) is 14.9. The molecule has 0 heterocycles. The highest BCUT2D eigenvalue weighted by Crippen LogP contribution is 2.56. The molecule has 4 fully saturated rings. The van der Waals surface area contributed by atoms with E-state index < -0.39 is 0 Å².